The summed E-state index contributed by atoms with van der Waals surface area (Å²) in [6.45, 7) is 1.36. The standard InChI is InChI=1S/C19H20ClFN2O/c20-16-8-3-2-7-15(16)18-10-5-11-23(18)13-19(24)22-12-14-6-1-4-9-17(14)21/h1-4,6-9,18H,5,10-13H2,(H,22,24). The Kier molecular flexibility index (Phi) is 5.48. The number of likely N-dealkylation sites (tertiary alicyclic amines) is 1. The minimum Gasteiger partial charge on any atom is -0.351 e. The number of hydrogen-bond donors (Lipinski definition) is 1. The van der Waals surface area contributed by atoms with Crippen LogP contribution in [0, 0.1) is 5.82 Å². The van der Waals surface area contributed by atoms with Crippen LogP contribution >= 0.6 is 11.6 Å². The summed E-state index contributed by atoms with van der Waals surface area (Å²) in [7, 11) is 0. The minimum absolute atomic E-state index is 0.0998. The third-order valence-electron chi connectivity index (χ3n) is 4.41. The van der Waals surface area contributed by atoms with E-state index in [1.807, 2.05) is 24.3 Å². The van der Waals surface area contributed by atoms with Crippen LogP contribution in [0.1, 0.15) is 30.0 Å². The van der Waals surface area contributed by atoms with E-state index in [0.29, 0.717) is 12.1 Å². The average Bonchev–Trinajstić information content (AvgIpc) is 3.02. The first-order valence-corrected chi connectivity index (χ1v) is 8.51. The van der Waals surface area contributed by atoms with Crippen LogP contribution in [0.25, 0.3) is 0 Å². The van der Waals surface area contributed by atoms with Gasteiger partial charge in [0.25, 0.3) is 0 Å². The highest BCUT2D eigenvalue weighted by atomic mass is 35.5. The zero-order valence-corrected chi connectivity index (χ0v) is 14.1. The predicted octanol–water partition coefficient (Wildman–Crippen LogP) is 3.93. The van der Waals surface area contributed by atoms with Gasteiger partial charge >= 0.3 is 0 Å². The molecule has 1 aliphatic heterocycles. The van der Waals surface area contributed by atoms with Crippen LogP contribution in [0.5, 0.6) is 0 Å². The fourth-order valence-corrected chi connectivity index (χ4v) is 3.45. The van der Waals surface area contributed by atoms with Crippen molar-refractivity contribution < 1.29 is 9.18 Å². The van der Waals surface area contributed by atoms with Crippen LogP contribution in [-0.4, -0.2) is 23.9 Å². The van der Waals surface area contributed by atoms with Crippen molar-refractivity contribution in [3.8, 4) is 0 Å². The number of benzene rings is 2. The summed E-state index contributed by atoms with van der Waals surface area (Å²) in [6, 6.07) is 14.4. The molecule has 0 saturated carbocycles. The molecule has 0 bridgehead atoms. The highest BCUT2D eigenvalue weighted by molar-refractivity contribution is 6.31. The van der Waals surface area contributed by atoms with E-state index in [4.69, 9.17) is 11.6 Å². The van der Waals surface area contributed by atoms with Gasteiger partial charge in [0.1, 0.15) is 5.82 Å². The fraction of sp³-hybridized carbons (Fsp3) is 0.316. The Bertz CT molecular complexity index is 722. The van der Waals surface area contributed by atoms with Crippen LogP contribution in [0.2, 0.25) is 5.02 Å². The Balaban J connectivity index is 1.59. The maximum absolute atomic E-state index is 13.6. The lowest BCUT2D eigenvalue weighted by molar-refractivity contribution is -0.122. The molecule has 0 aliphatic carbocycles. The molecular weight excluding hydrogens is 327 g/mol. The van der Waals surface area contributed by atoms with Gasteiger partial charge in [-0.3, -0.25) is 9.69 Å². The number of carbonyl (C=O) groups is 1. The van der Waals surface area contributed by atoms with E-state index >= 15 is 0 Å². The van der Waals surface area contributed by atoms with Crippen molar-refractivity contribution >= 4 is 17.5 Å². The molecule has 126 valence electrons. The second-order valence-corrected chi connectivity index (χ2v) is 6.43. The van der Waals surface area contributed by atoms with Gasteiger partial charge in [-0.15, -0.1) is 0 Å². The van der Waals surface area contributed by atoms with Gasteiger partial charge < -0.3 is 5.32 Å². The number of hydrogen-bond acceptors (Lipinski definition) is 2. The highest BCUT2D eigenvalue weighted by Gasteiger charge is 2.28. The Morgan fingerprint density at radius 3 is 2.75 bits per heavy atom. The van der Waals surface area contributed by atoms with Crippen molar-refractivity contribution in [2.24, 2.45) is 0 Å². The van der Waals surface area contributed by atoms with Gasteiger partial charge in [-0.05, 0) is 37.1 Å². The second-order valence-electron chi connectivity index (χ2n) is 6.02. The summed E-state index contributed by atoms with van der Waals surface area (Å²) >= 11 is 6.30. The number of nitrogens with one attached hydrogen (secondary N) is 1. The maximum atomic E-state index is 13.6. The van der Waals surface area contributed by atoms with Gasteiger partial charge in [0.05, 0.1) is 6.54 Å². The lowest BCUT2D eigenvalue weighted by Gasteiger charge is -2.25. The van der Waals surface area contributed by atoms with E-state index in [1.165, 1.54) is 6.07 Å². The van der Waals surface area contributed by atoms with E-state index < -0.39 is 0 Å². The molecule has 0 radical (unpaired) electrons. The monoisotopic (exact) mass is 346 g/mol. The summed E-state index contributed by atoms with van der Waals surface area (Å²) in [5, 5.41) is 3.54. The maximum Gasteiger partial charge on any atom is 0.234 e. The Hall–Kier alpha value is -1.91. The Labute approximate surface area is 146 Å². The summed E-state index contributed by atoms with van der Waals surface area (Å²) in [6.07, 6.45) is 2.03. The zero-order chi connectivity index (χ0) is 16.9. The van der Waals surface area contributed by atoms with Gasteiger partial charge in [0.2, 0.25) is 5.91 Å². The number of rotatable bonds is 5. The molecule has 1 saturated heterocycles. The molecule has 0 aromatic heterocycles. The lowest BCUT2D eigenvalue weighted by atomic mass is 10.0. The third-order valence-corrected chi connectivity index (χ3v) is 4.75. The first-order valence-electron chi connectivity index (χ1n) is 8.14. The largest absolute Gasteiger partial charge is 0.351 e. The molecule has 1 atom stereocenters. The fourth-order valence-electron chi connectivity index (χ4n) is 3.19. The van der Waals surface area contributed by atoms with Gasteiger partial charge in [-0.25, -0.2) is 4.39 Å². The molecular formula is C19H20ClFN2O. The zero-order valence-electron chi connectivity index (χ0n) is 13.3. The van der Waals surface area contributed by atoms with Gasteiger partial charge in [-0.2, -0.15) is 0 Å². The summed E-state index contributed by atoms with van der Waals surface area (Å²) in [4.78, 5) is 14.4. The molecule has 3 nitrogen and oxygen atoms in total. The van der Waals surface area contributed by atoms with Crippen LogP contribution in [-0.2, 0) is 11.3 Å². The van der Waals surface area contributed by atoms with Gasteiger partial charge in [0, 0.05) is 23.2 Å². The normalized spacial score (nSPS) is 17.8. The van der Waals surface area contributed by atoms with Crippen molar-refractivity contribution in [1.82, 2.24) is 10.2 Å². The first kappa shape index (κ1) is 16.9. The van der Waals surface area contributed by atoms with Crippen molar-refractivity contribution in [3.63, 3.8) is 0 Å². The molecule has 2 aromatic rings. The molecule has 5 heteroatoms. The van der Waals surface area contributed by atoms with E-state index in [0.717, 1.165) is 30.0 Å². The minimum atomic E-state index is -0.298. The molecule has 0 spiro atoms. The molecule has 2 aromatic carbocycles. The van der Waals surface area contributed by atoms with E-state index in [9.17, 15) is 9.18 Å². The second kappa shape index (κ2) is 7.77. The molecule has 1 aliphatic rings. The van der Waals surface area contributed by atoms with Crippen LogP contribution in [0.15, 0.2) is 48.5 Å². The van der Waals surface area contributed by atoms with Crippen molar-refractivity contribution in [2.75, 3.05) is 13.1 Å². The molecule has 1 amide bonds. The SMILES string of the molecule is O=C(CN1CCCC1c1ccccc1Cl)NCc1ccccc1F. The summed E-state index contributed by atoms with van der Waals surface area (Å²) < 4.78 is 13.6. The summed E-state index contributed by atoms with van der Waals surface area (Å²) in [5.74, 6) is -0.398. The van der Waals surface area contributed by atoms with E-state index in [-0.39, 0.29) is 24.3 Å². The third kappa shape index (κ3) is 3.94. The molecule has 24 heavy (non-hydrogen) atoms. The van der Waals surface area contributed by atoms with Crippen LogP contribution in [0.4, 0.5) is 4.39 Å². The quantitative estimate of drug-likeness (QED) is 0.889. The molecule has 1 fully saturated rings. The van der Waals surface area contributed by atoms with E-state index in [1.54, 1.807) is 18.2 Å². The Morgan fingerprint density at radius 1 is 1.21 bits per heavy atom. The van der Waals surface area contributed by atoms with Gasteiger partial charge in [0.15, 0.2) is 0 Å². The summed E-state index contributed by atoms with van der Waals surface area (Å²) in [5.41, 5.74) is 1.56. The molecule has 3 rings (SSSR count). The van der Waals surface area contributed by atoms with Crippen LogP contribution in [0.3, 0.4) is 0 Å². The molecule has 1 unspecified atom stereocenters. The highest BCUT2D eigenvalue weighted by Crippen LogP contribution is 2.35. The van der Waals surface area contributed by atoms with Gasteiger partial charge in [-0.1, -0.05) is 48.0 Å². The number of amides is 1. The van der Waals surface area contributed by atoms with Crippen LogP contribution < -0.4 is 5.32 Å². The number of carbonyl (C=O) groups excluding carboxylic acids is 1. The van der Waals surface area contributed by atoms with Crippen molar-refractivity contribution in [3.05, 3.63) is 70.5 Å². The van der Waals surface area contributed by atoms with E-state index in [2.05, 4.69) is 10.2 Å². The smallest absolute Gasteiger partial charge is 0.234 e. The molecule has 1 heterocycles. The first-order chi connectivity index (χ1) is 11.6. The molecule has 1 N–H and O–H groups in total. The number of halogens is 2. The van der Waals surface area contributed by atoms with Crippen molar-refractivity contribution in [1.29, 1.82) is 0 Å². The topological polar surface area (TPSA) is 32.3 Å². The Morgan fingerprint density at radius 2 is 1.96 bits per heavy atom. The number of nitrogens with zero attached hydrogens (tertiary/aromatic N) is 1. The lowest BCUT2D eigenvalue weighted by Crippen LogP contribution is -2.36. The average molecular weight is 347 g/mol. The predicted molar refractivity (Wildman–Crippen MR) is 93.2 cm³/mol. The van der Waals surface area contributed by atoms with Crippen molar-refractivity contribution in [2.45, 2.75) is 25.4 Å².